The molecule has 190 valence electrons. The third-order valence-corrected chi connectivity index (χ3v) is 6.19. The lowest BCUT2D eigenvalue weighted by atomic mass is 9.90. The van der Waals surface area contributed by atoms with Gasteiger partial charge in [-0.3, -0.25) is 19.2 Å². The monoisotopic (exact) mass is 555 g/mol. The molecular weight excluding hydrogens is 526 g/mol. The van der Waals surface area contributed by atoms with Crippen molar-refractivity contribution in [3.05, 3.63) is 94.4 Å². The van der Waals surface area contributed by atoms with E-state index in [4.69, 9.17) is 9.25 Å². The molecule has 0 aliphatic carbocycles. The van der Waals surface area contributed by atoms with Gasteiger partial charge in [0.2, 0.25) is 12.3 Å². The lowest BCUT2D eigenvalue weighted by molar-refractivity contribution is -0.200. The van der Waals surface area contributed by atoms with Gasteiger partial charge in [0, 0.05) is 0 Å². The molecule has 9 heteroatoms. The van der Waals surface area contributed by atoms with Crippen LogP contribution in [0.15, 0.2) is 81.9 Å². The second-order valence-corrected chi connectivity index (χ2v) is 8.94. The Morgan fingerprint density at radius 2 is 1.67 bits per heavy atom. The van der Waals surface area contributed by atoms with Gasteiger partial charge < -0.3 is 15.1 Å². The van der Waals surface area contributed by atoms with Gasteiger partial charge in [0.1, 0.15) is 6.61 Å². The zero-order valence-corrected chi connectivity index (χ0v) is 21.6. The van der Waals surface area contributed by atoms with Crippen molar-refractivity contribution in [1.29, 1.82) is 0 Å². The van der Waals surface area contributed by atoms with Crippen molar-refractivity contribution >= 4 is 34.2 Å². The summed E-state index contributed by atoms with van der Waals surface area (Å²) in [6, 6.07) is 22.0. The number of halogens is 1. The Labute approximate surface area is 219 Å². The Kier molecular flexibility index (Phi) is 10.7. The van der Waals surface area contributed by atoms with Gasteiger partial charge in [-0.05, 0) is 58.5 Å². The lowest BCUT2D eigenvalue weighted by Gasteiger charge is -2.32. The molecule has 3 aromatic rings. The number of hydrogen-bond donors (Lipinski definition) is 2. The maximum Gasteiger partial charge on any atom is 0.288 e. The molecule has 2 unspecified atom stereocenters. The summed E-state index contributed by atoms with van der Waals surface area (Å²) in [5.74, 6) is -1.17. The number of amides is 3. The van der Waals surface area contributed by atoms with Crippen LogP contribution in [0.3, 0.4) is 0 Å². The molecule has 0 spiro atoms. The van der Waals surface area contributed by atoms with Crippen LogP contribution in [-0.4, -0.2) is 36.0 Å². The van der Waals surface area contributed by atoms with E-state index in [-0.39, 0.29) is 24.9 Å². The molecule has 2 atom stereocenters. The van der Waals surface area contributed by atoms with E-state index in [0.29, 0.717) is 30.3 Å². The molecule has 0 radical (unpaired) electrons. The molecule has 3 rings (SSSR count). The highest BCUT2D eigenvalue weighted by molar-refractivity contribution is 9.10. The van der Waals surface area contributed by atoms with E-state index in [0.717, 1.165) is 11.1 Å². The predicted molar refractivity (Wildman–Crippen MR) is 138 cm³/mol. The number of rotatable bonds is 14. The molecule has 2 N–H and O–H groups in total. The van der Waals surface area contributed by atoms with Crippen molar-refractivity contribution in [3.63, 3.8) is 0 Å². The molecule has 0 saturated carbocycles. The van der Waals surface area contributed by atoms with E-state index in [1.165, 1.54) is 11.1 Å². The van der Waals surface area contributed by atoms with Crippen molar-refractivity contribution in [2.24, 2.45) is 5.92 Å². The average molecular weight is 556 g/mol. The van der Waals surface area contributed by atoms with Crippen molar-refractivity contribution in [3.8, 4) is 0 Å². The normalized spacial score (nSPS) is 12.4. The summed E-state index contributed by atoms with van der Waals surface area (Å²) in [5.41, 5.74) is 2.00. The maximum atomic E-state index is 13.3. The van der Waals surface area contributed by atoms with Crippen molar-refractivity contribution < 1.29 is 23.6 Å². The summed E-state index contributed by atoms with van der Waals surface area (Å²) in [7, 11) is 0. The summed E-state index contributed by atoms with van der Waals surface area (Å²) in [6.07, 6.45) is 2.27. The largest absolute Gasteiger partial charge is 0.444 e. The molecule has 1 heterocycles. The molecule has 2 aromatic carbocycles. The molecule has 1 aromatic heterocycles. The zero-order chi connectivity index (χ0) is 25.8. The standard InChI is InChI=1S/C27H30BrN3O5/c1-2-23(31(19-32)35-17-21-11-7-4-8-12-21)22(14-13-20-9-5-3-6-10-20)26(33)29-18-30-27(34)24-15-16-25(28)36-24/h3-12,15-16,19,22-23H,2,13-14,17-18H2,1H3,(H,29,33)(H,30,34). The molecule has 8 nitrogen and oxygen atoms in total. The van der Waals surface area contributed by atoms with Crippen LogP contribution >= 0.6 is 15.9 Å². The highest BCUT2D eigenvalue weighted by Gasteiger charge is 2.32. The maximum absolute atomic E-state index is 13.3. The first-order chi connectivity index (χ1) is 17.5. The van der Waals surface area contributed by atoms with E-state index in [9.17, 15) is 14.4 Å². The van der Waals surface area contributed by atoms with E-state index in [1.54, 1.807) is 6.07 Å². The number of hydroxylamine groups is 2. The van der Waals surface area contributed by atoms with E-state index in [1.807, 2.05) is 67.6 Å². The van der Waals surface area contributed by atoms with Gasteiger partial charge in [-0.15, -0.1) is 0 Å². The summed E-state index contributed by atoms with van der Waals surface area (Å²) in [6.45, 7) is 2.03. The summed E-state index contributed by atoms with van der Waals surface area (Å²) in [5, 5.41) is 6.63. The van der Waals surface area contributed by atoms with Crippen LogP contribution in [0, 0.1) is 5.92 Å². The van der Waals surface area contributed by atoms with Crippen LogP contribution in [0.25, 0.3) is 0 Å². The molecule has 0 bridgehead atoms. The Morgan fingerprint density at radius 3 is 2.25 bits per heavy atom. The van der Waals surface area contributed by atoms with Crippen molar-refractivity contribution in [2.75, 3.05) is 6.67 Å². The fraction of sp³-hybridized carbons (Fsp3) is 0.296. The number of furan rings is 1. The molecule has 0 fully saturated rings. The fourth-order valence-electron chi connectivity index (χ4n) is 3.90. The summed E-state index contributed by atoms with van der Waals surface area (Å²) < 4.78 is 5.67. The molecule has 0 saturated heterocycles. The van der Waals surface area contributed by atoms with Gasteiger partial charge >= 0.3 is 0 Å². The number of aryl methyl sites for hydroxylation is 1. The van der Waals surface area contributed by atoms with Gasteiger partial charge in [0.25, 0.3) is 5.91 Å². The van der Waals surface area contributed by atoms with Gasteiger partial charge in [-0.2, -0.15) is 0 Å². The molecule has 0 aliphatic heterocycles. The predicted octanol–water partition coefficient (Wildman–Crippen LogP) is 4.46. The first-order valence-electron chi connectivity index (χ1n) is 11.8. The molecular formula is C27H30BrN3O5. The number of nitrogens with zero attached hydrogens (tertiary/aromatic N) is 1. The topological polar surface area (TPSA) is 101 Å². The van der Waals surface area contributed by atoms with Crippen molar-refractivity contribution in [2.45, 2.75) is 38.8 Å². The summed E-state index contributed by atoms with van der Waals surface area (Å²) >= 11 is 3.16. The van der Waals surface area contributed by atoms with E-state index >= 15 is 0 Å². The number of hydrogen-bond acceptors (Lipinski definition) is 5. The highest BCUT2D eigenvalue weighted by Crippen LogP contribution is 2.22. The zero-order valence-electron chi connectivity index (χ0n) is 20.1. The lowest BCUT2D eigenvalue weighted by Crippen LogP contribution is -2.48. The Hall–Kier alpha value is -3.43. The van der Waals surface area contributed by atoms with Gasteiger partial charge in [0.15, 0.2) is 10.4 Å². The van der Waals surface area contributed by atoms with E-state index in [2.05, 4.69) is 26.6 Å². The molecule has 3 amide bonds. The highest BCUT2D eigenvalue weighted by atomic mass is 79.9. The Morgan fingerprint density at radius 1 is 1.00 bits per heavy atom. The second kappa shape index (κ2) is 14.2. The van der Waals surface area contributed by atoms with E-state index < -0.39 is 17.9 Å². The minimum absolute atomic E-state index is 0.0831. The number of carbonyl (C=O) groups is 3. The van der Waals surface area contributed by atoms with Crippen LogP contribution in [0.2, 0.25) is 0 Å². The first-order valence-corrected chi connectivity index (χ1v) is 12.6. The van der Waals surface area contributed by atoms with Crippen LogP contribution in [0.1, 0.15) is 41.4 Å². The Bertz CT molecular complexity index is 1110. The molecule has 36 heavy (non-hydrogen) atoms. The Balaban J connectivity index is 1.67. The fourth-order valence-corrected chi connectivity index (χ4v) is 4.21. The van der Waals surface area contributed by atoms with Crippen LogP contribution in [0.5, 0.6) is 0 Å². The third kappa shape index (κ3) is 8.07. The third-order valence-electron chi connectivity index (χ3n) is 5.77. The van der Waals surface area contributed by atoms with Crippen molar-refractivity contribution in [1.82, 2.24) is 15.7 Å². The SMILES string of the molecule is CCC(C(CCc1ccccc1)C(=O)NCNC(=O)c1ccc(Br)o1)N(C=O)OCc1ccccc1. The number of nitrogens with one attached hydrogen (secondary N) is 2. The van der Waals surface area contributed by atoms with Crippen LogP contribution in [0.4, 0.5) is 0 Å². The quantitative estimate of drug-likeness (QED) is 0.174. The second-order valence-electron chi connectivity index (χ2n) is 8.16. The summed E-state index contributed by atoms with van der Waals surface area (Å²) in [4.78, 5) is 43.3. The van der Waals surface area contributed by atoms with Gasteiger partial charge in [-0.25, -0.2) is 5.06 Å². The van der Waals surface area contributed by atoms with Crippen LogP contribution in [-0.2, 0) is 27.5 Å². The van der Waals surface area contributed by atoms with Gasteiger partial charge in [0.05, 0.1) is 18.6 Å². The minimum Gasteiger partial charge on any atom is -0.444 e. The van der Waals surface area contributed by atoms with Gasteiger partial charge in [-0.1, -0.05) is 67.6 Å². The molecule has 0 aliphatic rings. The number of benzene rings is 2. The number of carbonyl (C=O) groups excluding carboxylic acids is 3. The minimum atomic E-state index is -0.564. The average Bonchev–Trinajstić information content (AvgIpc) is 3.35. The van der Waals surface area contributed by atoms with Crippen LogP contribution < -0.4 is 10.6 Å². The smallest absolute Gasteiger partial charge is 0.288 e. The first kappa shape index (κ1) is 27.2.